The molecule has 2 heterocycles. The molecule has 0 fully saturated rings. The van der Waals surface area contributed by atoms with Crippen LogP contribution in [0.25, 0.3) is 103 Å². The maximum Gasteiger partial charge on any atom is 0.0541 e. The van der Waals surface area contributed by atoms with Crippen LogP contribution in [0.5, 0.6) is 0 Å². The molecule has 0 amide bonds. The zero-order valence-corrected chi connectivity index (χ0v) is 38.5. The highest BCUT2D eigenvalue weighted by atomic mass is 32.1. The Balaban J connectivity index is 0.970. The van der Waals surface area contributed by atoms with Crippen LogP contribution in [0.3, 0.4) is 0 Å². The average molecular weight is 897 g/mol. The van der Waals surface area contributed by atoms with Gasteiger partial charge in [-0.1, -0.05) is 188 Å². The van der Waals surface area contributed by atoms with E-state index in [0.29, 0.717) is 0 Å². The number of aromatic nitrogens is 1. The number of para-hydroxylation sites is 3. The van der Waals surface area contributed by atoms with E-state index in [1.165, 1.54) is 86.5 Å². The Morgan fingerprint density at radius 1 is 0.275 bits per heavy atom. The van der Waals surface area contributed by atoms with Crippen LogP contribution in [-0.2, 0) is 0 Å². The van der Waals surface area contributed by atoms with Crippen LogP contribution in [0.15, 0.2) is 267 Å². The molecule has 13 aromatic rings. The van der Waals surface area contributed by atoms with Crippen molar-refractivity contribution in [1.82, 2.24) is 4.57 Å². The maximum atomic E-state index is 2.44. The van der Waals surface area contributed by atoms with Gasteiger partial charge in [-0.3, -0.25) is 0 Å². The fourth-order valence-corrected chi connectivity index (χ4v) is 11.5. The number of nitrogens with zero attached hydrogens (tertiary/aromatic N) is 2. The zero-order valence-electron chi connectivity index (χ0n) is 37.7. The van der Waals surface area contributed by atoms with Gasteiger partial charge < -0.3 is 9.47 Å². The Bertz CT molecular complexity index is 4010. The fourth-order valence-electron chi connectivity index (χ4n) is 10.4. The molecule has 0 aliphatic carbocycles. The number of thiophene rings is 1. The highest BCUT2D eigenvalue weighted by molar-refractivity contribution is 7.25. The van der Waals surface area contributed by atoms with Gasteiger partial charge in [0.2, 0.25) is 0 Å². The highest BCUT2D eigenvalue weighted by Crippen LogP contribution is 2.47. The van der Waals surface area contributed by atoms with E-state index in [4.69, 9.17) is 0 Å². The van der Waals surface area contributed by atoms with E-state index in [2.05, 4.69) is 276 Å². The number of rotatable bonds is 9. The van der Waals surface area contributed by atoms with Gasteiger partial charge in [-0.15, -0.1) is 11.3 Å². The number of hydrogen-bond donors (Lipinski definition) is 0. The molecule has 0 N–H and O–H groups in total. The standard InChI is InChI=1S/C66H44N2S/c1-3-18-46(19-4-1)53-24-7-8-25-54(53)55-26-9-10-27-56(55)57-28-11-14-31-62(57)67(51-38-34-45(35-39-51)48-37-41-66-61(44-48)59-30-13-16-33-65(59)69-66)52-23-17-20-47(42-52)49-36-40-64-60(43-49)58-29-12-15-32-63(58)68(64)50-21-5-2-6-22-50/h1-44H. The van der Waals surface area contributed by atoms with Gasteiger partial charge in [0.1, 0.15) is 0 Å². The number of hydrogen-bond acceptors (Lipinski definition) is 2. The molecule has 0 spiro atoms. The lowest BCUT2D eigenvalue weighted by molar-refractivity contribution is 1.18. The lowest BCUT2D eigenvalue weighted by Gasteiger charge is -2.29. The van der Waals surface area contributed by atoms with E-state index in [1.54, 1.807) is 0 Å². The lowest BCUT2D eigenvalue weighted by atomic mass is 9.88. The van der Waals surface area contributed by atoms with Crippen LogP contribution < -0.4 is 4.90 Å². The molecular formula is C66H44N2S. The fraction of sp³-hybridized carbons (Fsp3) is 0. The molecular weight excluding hydrogens is 853 g/mol. The Morgan fingerprint density at radius 3 is 1.59 bits per heavy atom. The topological polar surface area (TPSA) is 8.17 Å². The summed E-state index contributed by atoms with van der Waals surface area (Å²) in [6.07, 6.45) is 0. The van der Waals surface area contributed by atoms with Crippen molar-refractivity contribution in [3.8, 4) is 61.3 Å². The summed E-state index contributed by atoms with van der Waals surface area (Å²) in [5.41, 5.74) is 18.6. The van der Waals surface area contributed by atoms with Crippen LogP contribution in [0.2, 0.25) is 0 Å². The molecule has 0 atom stereocenters. The first kappa shape index (κ1) is 40.5. The quantitative estimate of drug-likeness (QED) is 0.140. The summed E-state index contributed by atoms with van der Waals surface area (Å²) in [5.74, 6) is 0. The molecule has 0 saturated heterocycles. The molecule has 0 saturated carbocycles. The first-order chi connectivity index (χ1) is 34.2. The van der Waals surface area contributed by atoms with E-state index in [0.717, 1.165) is 33.9 Å². The van der Waals surface area contributed by atoms with Gasteiger partial charge >= 0.3 is 0 Å². The molecule has 0 aliphatic heterocycles. The summed E-state index contributed by atoms with van der Waals surface area (Å²) in [4.78, 5) is 2.44. The summed E-state index contributed by atoms with van der Waals surface area (Å²) >= 11 is 1.86. The van der Waals surface area contributed by atoms with Crippen molar-refractivity contribution in [2.45, 2.75) is 0 Å². The lowest BCUT2D eigenvalue weighted by Crippen LogP contribution is -2.11. The molecule has 2 nitrogen and oxygen atoms in total. The molecule has 324 valence electrons. The van der Waals surface area contributed by atoms with Crippen molar-refractivity contribution < 1.29 is 0 Å². The van der Waals surface area contributed by atoms with Crippen molar-refractivity contribution in [2.75, 3.05) is 4.90 Å². The first-order valence-corrected chi connectivity index (χ1v) is 24.4. The van der Waals surface area contributed by atoms with Crippen molar-refractivity contribution in [3.05, 3.63) is 267 Å². The minimum atomic E-state index is 1.08. The van der Waals surface area contributed by atoms with E-state index >= 15 is 0 Å². The second-order valence-corrected chi connectivity index (χ2v) is 18.7. The highest BCUT2D eigenvalue weighted by Gasteiger charge is 2.21. The minimum Gasteiger partial charge on any atom is -0.310 e. The Hall–Kier alpha value is -8.76. The summed E-state index contributed by atoms with van der Waals surface area (Å²) in [5, 5.41) is 5.09. The summed E-state index contributed by atoms with van der Waals surface area (Å²) in [6, 6.07) is 97.5. The second kappa shape index (κ2) is 17.2. The predicted octanol–water partition coefficient (Wildman–Crippen LogP) is 19.0. The summed E-state index contributed by atoms with van der Waals surface area (Å²) in [6.45, 7) is 0. The molecule has 13 rings (SSSR count). The van der Waals surface area contributed by atoms with Crippen LogP contribution in [0, 0.1) is 0 Å². The van der Waals surface area contributed by atoms with Gasteiger partial charge in [-0.25, -0.2) is 0 Å². The summed E-state index contributed by atoms with van der Waals surface area (Å²) in [7, 11) is 0. The van der Waals surface area contributed by atoms with Gasteiger partial charge in [0.05, 0.1) is 16.7 Å². The van der Waals surface area contributed by atoms with Crippen LogP contribution >= 0.6 is 11.3 Å². The Labute approximate surface area is 405 Å². The van der Waals surface area contributed by atoms with Gasteiger partial charge in [0.15, 0.2) is 0 Å². The third-order valence-electron chi connectivity index (χ3n) is 13.6. The van der Waals surface area contributed by atoms with Crippen molar-refractivity contribution in [1.29, 1.82) is 0 Å². The van der Waals surface area contributed by atoms with Gasteiger partial charge in [-0.2, -0.15) is 0 Å². The monoisotopic (exact) mass is 896 g/mol. The van der Waals surface area contributed by atoms with Crippen molar-refractivity contribution in [2.24, 2.45) is 0 Å². The molecule has 0 radical (unpaired) electrons. The smallest absolute Gasteiger partial charge is 0.0541 e. The summed E-state index contributed by atoms with van der Waals surface area (Å²) < 4.78 is 5.01. The van der Waals surface area contributed by atoms with Crippen LogP contribution in [0.1, 0.15) is 0 Å². The first-order valence-electron chi connectivity index (χ1n) is 23.6. The molecule has 69 heavy (non-hydrogen) atoms. The Kier molecular flexibility index (Phi) is 10.1. The third kappa shape index (κ3) is 7.20. The average Bonchev–Trinajstić information content (AvgIpc) is 3.97. The largest absolute Gasteiger partial charge is 0.310 e. The number of benzene rings is 11. The van der Waals surface area contributed by atoms with Crippen molar-refractivity contribution in [3.63, 3.8) is 0 Å². The zero-order chi connectivity index (χ0) is 45.7. The van der Waals surface area contributed by atoms with Gasteiger partial charge in [-0.05, 0) is 129 Å². The minimum absolute atomic E-state index is 1.08. The van der Waals surface area contributed by atoms with Crippen molar-refractivity contribution >= 4 is 70.4 Å². The second-order valence-electron chi connectivity index (χ2n) is 17.6. The van der Waals surface area contributed by atoms with E-state index in [9.17, 15) is 0 Å². The Morgan fingerprint density at radius 2 is 0.797 bits per heavy atom. The van der Waals surface area contributed by atoms with Gasteiger partial charge in [0.25, 0.3) is 0 Å². The normalized spacial score (nSPS) is 11.5. The van der Waals surface area contributed by atoms with E-state index < -0.39 is 0 Å². The molecule has 0 unspecified atom stereocenters. The SMILES string of the molecule is c1ccc(-c2ccccc2-c2ccccc2-c2ccccc2N(c2ccc(-c3ccc4sc5ccccc5c4c3)cc2)c2cccc(-c3ccc4c(c3)c3ccccc3n4-c3ccccc3)c2)cc1. The van der Waals surface area contributed by atoms with E-state index in [1.807, 2.05) is 11.3 Å². The van der Waals surface area contributed by atoms with Crippen LogP contribution in [-0.4, -0.2) is 4.57 Å². The molecule has 11 aromatic carbocycles. The number of fused-ring (bicyclic) bond motifs is 6. The van der Waals surface area contributed by atoms with Crippen LogP contribution in [0.4, 0.5) is 17.1 Å². The molecule has 2 aromatic heterocycles. The van der Waals surface area contributed by atoms with E-state index in [-0.39, 0.29) is 0 Å². The predicted molar refractivity (Wildman–Crippen MR) is 296 cm³/mol. The van der Waals surface area contributed by atoms with Gasteiger partial charge in [0, 0.05) is 53.6 Å². The third-order valence-corrected chi connectivity index (χ3v) is 14.8. The molecule has 0 aliphatic rings. The maximum absolute atomic E-state index is 2.44. The molecule has 3 heteroatoms. The molecule has 0 bridgehead atoms. The number of anilines is 3.